The van der Waals surface area contributed by atoms with Gasteiger partial charge in [-0.15, -0.1) is 0 Å². The number of ketones is 2. The highest BCUT2D eigenvalue weighted by atomic mass is 32.2. The molecule has 1 aliphatic heterocycles. The molecule has 0 saturated carbocycles. The van der Waals surface area contributed by atoms with Gasteiger partial charge in [-0.1, -0.05) is 92.4 Å². The van der Waals surface area contributed by atoms with Crippen LogP contribution in [-0.2, 0) is 5.41 Å². The predicted molar refractivity (Wildman–Crippen MR) is 120 cm³/mol. The number of thioether (sulfide) groups is 1. The highest BCUT2D eigenvalue weighted by molar-refractivity contribution is 8.04. The Morgan fingerprint density at radius 1 is 0.867 bits per heavy atom. The number of aromatic nitrogens is 1. The number of carbonyl (C=O) groups excluding carboxylic acids is 2. The van der Waals surface area contributed by atoms with Crippen molar-refractivity contribution < 1.29 is 9.59 Å². The Bertz CT molecular complexity index is 1300. The summed E-state index contributed by atoms with van der Waals surface area (Å²) < 4.78 is 0. The van der Waals surface area contributed by atoms with Crippen LogP contribution in [0.3, 0.4) is 0 Å². The zero-order chi connectivity index (χ0) is 21.2. The quantitative estimate of drug-likeness (QED) is 0.565. The number of Topliss-reactive ketones (excluding diaryl/α,β-unsaturated/α-hetero) is 2. The molecule has 0 fully saturated rings. The van der Waals surface area contributed by atoms with Crippen molar-refractivity contribution >= 4 is 34.7 Å². The largest absolute Gasteiger partial charge is 0.307 e. The number of allylic oxidation sites excluding steroid dienone is 2. The third-order valence-electron chi connectivity index (χ3n) is 5.62. The van der Waals surface area contributed by atoms with Gasteiger partial charge >= 0.3 is 4.87 Å². The molecule has 2 aromatic carbocycles. The van der Waals surface area contributed by atoms with Gasteiger partial charge in [0, 0.05) is 16.7 Å². The number of fused-ring (bicyclic) bond motifs is 2. The molecule has 4 nitrogen and oxygen atoms in total. The van der Waals surface area contributed by atoms with Crippen LogP contribution in [0.5, 0.6) is 0 Å². The first-order valence-electron chi connectivity index (χ1n) is 9.69. The minimum atomic E-state index is -0.431. The molecular weight excluding hydrogens is 414 g/mol. The zero-order valence-electron chi connectivity index (χ0n) is 16.7. The van der Waals surface area contributed by atoms with Crippen molar-refractivity contribution in [2.75, 3.05) is 0 Å². The number of H-pyrrole nitrogens is 1. The van der Waals surface area contributed by atoms with Crippen molar-refractivity contribution in [1.29, 1.82) is 0 Å². The maximum absolute atomic E-state index is 13.5. The lowest BCUT2D eigenvalue weighted by Crippen LogP contribution is -2.27. The summed E-state index contributed by atoms with van der Waals surface area (Å²) in [6.07, 6.45) is 0. The van der Waals surface area contributed by atoms with Crippen LogP contribution in [0.1, 0.15) is 63.4 Å². The van der Waals surface area contributed by atoms with E-state index in [1.54, 1.807) is 24.3 Å². The molecule has 1 aromatic heterocycles. The van der Waals surface area contributed by atoms with Gasteiger partial charge in [0.2, 0.25) is 5.78 Å². The van der Waals surface area contributed by atoms with E-state index in [2.05, 4.69) is 37.9 Å². The van der Waals surface area contributed by atoms with Crippen LogP contribution in [0.4, 0.5) is 0 Å². The second-order valence-electron chi connectivity index (χ2n) is 8.56. The van der Waals surface area contributed by atoms with Crippen molar-refractivity contribution in [3.05, 3.63) is 95.8 Å². The number of hydrogen-bond donors (Lipinski definition) is 1. The van der Waals surface area contributed by atoms with Crippen LogP contribution < -0.4 is 4.87 Å². The molecule has 2 aliphatic rings. The molecule has 3 aromatic rings. The number of thiazole rings is 1. The van der Waals surface area contributed by atoms with E-state index in [9.17, 15) is 14.4 Å². The molecule has 0 amide bonds. The fourth-order valence-corrected chi connectivity index (χ4v) is 6.33. The van der Waals surface area contributed by atoms with Gasteiger partial charge in [-0.05, 0) is 16.5 Å². The van der Waals surface area contributed by atoms with Gasteiger partial charge < -0.3 is 4.98 Å². The molecular formula is C24H19NO3S2. The van der Waals surface area contributed by atoms with E-state index in [-0.39, 0.29) is 21.9 Å². The third kappa shape index (κ3) is 2.86. The summed E-state index contributed by atoms with van der Waals surface area (Å²) in [5, 5.41) is 0.661. The van der Waals surface area contributed by atoms with Gasteiger partial charge in [-0.25, -0.2) is 0 Å². The van der Waals surface area contributed by atoms with E-state index in [1.807, 2.05) is 12.1 Å². The van der Waals surface area contributed by atoms with Crippen LogP contribution in [0.25, 0.3) is 0 Å². The molecule has 0 spiro atoms. The van der Waals surface area contributed by atoms with E-state index in [1.165, 1.54) is 17.3 Å². The average molecular weight is 434 g/mol. The van der Waals surface area contributed by atoms with Crippen LogP contribution in [0.15, 0.2) is 68.8 Å². The van der Waals surface area contributed by atoms with E-state index in [4.69, 9.17) is 0 Å². The standard InChI is InChI=1S/C24H19NO3S2/c1-24(2,3)13-10-8-12(9-11-13)16-17-18(26)14-6-4-5-7-15(14)19(27)20(17)29-22-21(16)30-23(28)25-22/h4-11,16H,1-3H3,(H,25,28). The molecule has 1 N–H and O–H groups in total. The normalized spacial score (nSPS) is 18.2. The van der Waals surface area contributed by atoms with Gasteiger partial charge in [0.25, 0.3) is 0 Å². The maximum Gasteiger partial charge on any atom is 0.305 e. The van der Waals surface area contributed by atoms with Gasteiger partial charge in [0.15, 0.2) is 5.78 Å². The molecule has 2 heterocycles. The average Bonchev–Trinajstić information content (AvgIpc) is 3.10. The van der Waals surface area contributed by atoms with Crippen molar-refractivity contribution in [2.45, 2.75) is 37.1 Å². The Hall–Kier alpha value is -2.70. The lowest BCUT2D eigenvalue weighted by Gasteiger charge is -2.30. The topological polar surface area (TPSA) is 67.0 Å². The highest BCUT2D eigenvalue weighted by Crippen LogP contribution is 2.51. The molecule has 0 saturated heterocycles. The monoisotopic (exact) mass is 433 g/mol. The van der Waals surface area contributed by atoms with Crippen LogP contribution in [0, 0.1) is 0 Å². The molecule has 1 atom stereocenters. The van der Waals surface area contributed by atoms with E-state index in [0.717, 1.165) is 21.8 Å². The van der Waals surface area contributed by atoms with E-state index < -0.39 is 5.92 Å². The van der Waals surface area contributed by atoms with Crippen LogP contribution in [-0.4, -0.2) is 16.6 Å². The number of nitrogens with one attached hydrogen (secondary N) is 1. The van der Waals surface area contributed by atoms with Gasteiger partial charge in [-0.2, -0.15) is 0 Å². The number of aromatic amines is 1. The minimum absolute atomic E-state index is 0.00496. The summed E-state index contributed by atoms with van der Waals surface area (Å²) in [7, 11) is 0. The Labute approximate surface area is 182 Å². The second kappa shape index (κ2) is 6.65. The predicted octanol–water partition coefficient (Wildman–Crippen LogP) is 5.30. The van der Waals surface area contributed by atoms with Crippen molar-refractivity contribution in [3.63, 3.8) is 0 Å². The summed E-state index contributed by atoms with van der Waals surface area (Å²) in [5.74, 6) is -0.720. The molecule has 150 valence electrons. The lowest BCUT2D eigenvalue weighted by molar-refractivity contribution is 0.0977. The Balaban J connectivity index is 1.73. The number of hydrogen-bond acceptors (Lipinski definition) is 5. The summed E-state index contributed by atoms with van der Waals surface area (Å²) in [5.41, 5.74) is 3.44. The van der Waals surface area contributed by atoms with E-state index in [0.29, 0.717) is 26.6 Å². The summed E-state index contributed by atoms with van der Waals surface area (Å²) in [6, 6.07) is 15.1. The highest BCUT2D eigenvalue weighted by Gasteiger charge is 2.42. The Kier molecular flexibility index (Phi) is 4.27. The first kappa shape index (κ1) is 19.3. The van der Waals surface area contributed by atoms with Crippen molar-refractivity contribution in [1.82, 2.24) is 4.98 Å². The first-order chi connectivity index (χ1) is 14.3. The fourth-order valence-electron chi connectivity index (χ4n) is 4.05. The van der Waals surface area contributed by atoms with Gasteiger partial charge in [0.1, 0.15) is 0 Å². The second-order valence-corrected chi connectivity index (χ2v) is 10.6. The zero-order valence-corrected chi connectivity index (χ0v) is 18.4. The smallest absolute Gasteiger partial charge is 0.305 e. The third-order valence-corrected chi connectivity index (χ3v) is 7.83. The molecule has 0 bridgehead atoms. The van der Waals surface area contributed by atoms with Gasteiger partial charge in [-0.3, -0.25) is 14.4 Å². The number of benzene rings is 2. The molecule has 0 radical (unpaired) electrons. The lowest BCUT2D eigenvalue weighted by atomic mass is 9.78. The molecule has 30 heavy (non-hydrogen) atoms. The summed E-state index contributed by atoms with van der Waals surface area (Å²) in [6.45, 7) is 6.45. The van der Waals surface area contributed by atoms with Gasteiger partial charge in [0.05, 0.1) is 20.7 Å². The Morgan fingerprint density at radius 2 is 1.50 bits per heavy atom. The van der Waals surface area contributed by atoms with Crippen LogP contribution >= 0.6 is 23.1 Å². The SMILES string of the molecule is CC(C)(C)c1ccc(C2C3=C(Sc4[nH]c(=O)sc42)C(=O)c2ccccc2C3=O)cc1. The maximum atomic E-state index is 13.5. The number of carbonyl (C=O) groups is 2. The molecule has 5 rings (SSSR count). The van der Waals surface area contributed by atoms with E-state index >= 15 is 0 Å². The van der Waals surface area contributed by atoms with Crippen molar-refractivity contribution in [2.24, 2.45) is 0 Å². The first-order valence-corrected chi connectivity index (χ1v) is 11.3. The molecule has 1 aliphatic carbocycles. The summed E-state index contributed by atoms with van der Waals surface area (Å²) in [4.78, 5) is 42.8. The fraction of sp³-hybridized carbons (Fsp3) is 0.208. The number of rotatable bonds is 1. The minimum Gasteiger partial charge on any atom is -0.307 e. The van der Waals surface area contributed by atoms with Crippen LogP contribution in [0.2, 0.25) is 0 Å². The molecule has 1 unspecified atom stereocenters. The van der Waals surface area contributed by atoms with Crippen molar-refractivity contribution in [3.8, 4) is 0 Å². The Morgan fingerprint density at radius 3 is 2.13 bits per heavy atom. The molecule has 6 heteroatoms. The summed E-state index contributed by atoms with van der Waals surface area (Å²) >= 11 is 2.32.